The Morgan fingerprint density at radius 1 is 1.31 bits per heavy atom. The summed E-state index contributed by atoms with van der Waals surface area (Å²) < 4.78 is 5.35. The highest BCUT2D eigenvalue weighted by Gasteiger charge is 2.16. The first-order chi connectivity index (χ1) is 6.31. The van der Waals surface area contributed by atoms with Gasteiger partial charge in [-0.3, -0.25) is 0 Å². The second kappa shape index (κ2) is 3.25. The van der Waals surface area contributed by atoms with E-state index in [-0.39, 0.29) is 0 Å². The van der Waals surface area contributed by atoms with E-state index in [1.165, 1.54) is 11.1 Å². The summed E-state index contributed by atoms with van der Waals surface area (Å²) in [5, 5.41) is 0. The molecule has 0 heterocycles. The molecule has 0 N–H and O–H groups in total. The number of benzene rings is 1. The minimum Gasteiger partial charge on any atom is -0.496 e. The zero-order valence-corrected chi connectivity index (χ0v) is 8.08. The zero-order valence-electron chi connectivity index (χ0n) is 8.08. The quantitative estimate of drug-likeness (QED) is 0.636. The first-order valence-electron chi connectivity index (χ1n) is 4.65. The maximum atomic E-state index is 5.35. The number of allylic oxidation sites excluding steroid dienone is 1. The Bertz CT molecular complexity index is 339. The standard InChI is InChI=1S/C12H14O/c1-9-7-10-5-3-4-6-11(10)12(8-9)13-2/h3-6,8-9H,7H2,1-2H3. The smallest absolute Gasteiger partial charge is 0.122 e. The lowest BCUT2D eigenvalue weighted by molar-refractivity contribution is 0.363. The van der Waals surface area contributed by atoms with Crippen LogP contribution in [0.2, 0.25) is 0 Å². The Morgan fingerprint density at radius 3 is 2.85 bits per heavy atom. The molecule has 1 aromatic carbocycles. The molecule has 0 aliphatic heterocycles. The first kappa shape index (κ1) is 8.36. The van der Waals surface area contributed by atoms with Gasteiger partial charge < -0.3 is 4.74 Å². The van der Waals surface area contributed by atoms with Gasteiger partial charge >= 0.3 is 0 Å². The lowest BCUT2D eigenvalue weighted by atomic mass is 9.90. The van der Waals surface area contributed by atoms with Gasteiger partial charge in [0, 0.05) is 5.56 Å². The fourth-order valence-electron chi connectivity index (χ4n) is 1.87. The van der Waals surface area contributed by atoms with Crippen LogP contribution < -0.4 is 0 Å². The van der Waals surface area contributed by atoms with E-state index in [1.54, 1.807) is 7.11 Å². The molecule has 0 radical (unpaired) electrons. The molecular weight excluding hydrogens is 160 g/mol. The molecule has 1 aromatic rings. The van der Waals surface area contributed by atoms with Gasteiger partial charge in [-0.05, 0) is 24.0 Å². The number of hydrogen-bond acceptors (Lipinski definition) is 1. The molecule has 1 unspecified atom stereocenters. The molecule has 1 aliphatic rings. The zero-order chi connectivity index (χ0) is 9.26. The number of fused-ring (bicyclic) bond motifs is 1. The number of hydrogen-bond donors (Lipinski definition) is 0. The van der Waals surface area contributed by atoms with E-state index in [0.717, 1.165) is 12.2 Å². The molecule has 0 aromatic heterocycles. The average molecular weight is 174 g/mol. The molecule has 68 valence electrons. The van der Waals surface area contributed by atoms with E-state index in [2.05, 4.69) is 37.3 Å². The maximum Gasteiger partial charge on any atom is 0.122 e. The number of methoxy groups -OCH3 is 1. The third-order valence-corrected chi connectivity index (χ3v) is 2.48. The monoisotopic (exact) mass is 174 g/mol. The molecule has 1 nitrogen and oxygen atoms in total. The van der Waals surface area contributed by atoms with E-state index in [4.69, 9.17) is 4.74 Å². The van der Waals surface area contributed by atoms with Crippen molar-refractivity contribution in [2.45, 2.75) is 13.3 Å². The fourth-order valence-corrected chi connectivity index (χ4v) is 1.87. The molecule has 13 heavy (non-hydrogen) atoms. The topological polar surface area (TPSA) is 9.23 Å². The van der Waals surface area contributed by atoms with Crippen molar-refractivity contribution in [3.8, 4) is 0 Å². The second-order valence-electron chi connectivity index (χ2n) is 3.57. The van der Waals surface area contributed by atoms with Crippen LogP contribution in [0, 0.1) is 5.92 Å². The largest absolute Gasteiger partial charge is 0.496 e. The van der Waals surface area contributed by atoms with E-state index < -0.39 is 0 Å². The third kappa shape index (κ3) is 1.46. The van der Waals surface area contributed by atoms with Crippen LogP contribution in [0.3, 0.4) is 0 Å². The average Bonchev–Trinajstić information content (AvgIpc) is 2.16. The predicted octanol–water partition coefficient (Wildman–Crippen LogP) is 2.87. The van der Waals surface area contributed by atoms with Crippen LogP contribution in [0.5, 0.6) is 0 Å². The minimum absolute atomic E-state index is 0.588. The Morgan fingerprint density at radius 2 is 2.08 bits per heavy atom. The molecule has 1 atom stereocenters. The fraction of sp³-hybridized carbons (Fsp3) is 0.333. The van der Waals surface area contributed by atoms with Crippen LogP contribution in [0.1, 0.15) is 18.1 Å². The molecule has 0 amide bonds. The molecule has 0 bridgehead atoms. The normalized spacial score (nSPS) is 20.5. The summed E-state index contributed by atoms with van der Waals surface area (Å²) >= 11 is 0. The van der Waals surface area contributed by atoms with Crippen LogP contribution in [-0.4, -0.2) is 7.11 Å². The van der Waals surface area contributed by atoms with Gasteiger partial charge in [0.25, 0.3) is 0 Å². The van der Waals surface area contributed by atoms with Gasteiger partial charge in [0.2, 0.25) is 0 Å². The summed E-state index contributed by atoms with van der Waals surface area (Å²) in [5.41, 5.74) is 2.65. The summed E-state index contributed by atoms with van der Waals surface area (Å²) in [5.74, 6) is 1.61. The third-order valence-electron chi connectivity index (χ3n) is 2.48. The van der Waals surface area contributed by atoms with Crippen molar-refractivity contribution in [1.82, 2.24) is 0 Å². The van der Waals surface area contributed by atoms with Gasteiger partial charge in [-0.15, -0.1) is 0 Å². The maximum absolute atomic E-state index is 5.35. The van der Waals surface area contributed by atoms with Crippen LogP contribution in [-0.2, 0) is 11.2 Å². The summed E-state index contributed by atoms with van der Waals surface area (Å²) in [6.45, 7) is 2.22. The summed E-state index contributed by atoms with van der Waals surface area (Å²) in [6.07, 6.45) is 3.32. The van der Waals surface area contributed by atoms with E-state index in [9.17, 15) is 0 Å². The highest BCUT2D eigenvalue weighted by atomic mass is 16.5. The van der Waals surface area contributed by atoms with Gasteiger partial charge in [-0.2, -0.15) is 0 Å². The lowest BCUT2D eigenvalue weighted by Crippen LogP contribution is -2.07. The van der Waals surface area contributed by atoms with Crippen LogP contribution >= 0.6 is 0 Å². The Labute approximate surface area is 79.0 Å². The van der Waals surface area contributed by atoms with Crippen molar-refractivity contribution in [2.75, 3.05) is 7.11 Å². The Balaban J connectivity index is 2.49. The summed E-state index contributed by atoms with van der Waals surface area (Å²) in [4.78, 5) is 0. The lowest BCUT2D eigenvalue weighted by Gasteiger charge is -2.20. The molecule has 0 fully saturated rings. The van der Waals surface area contributed by atoms with Crippen molar-refractivity contribution in [3.63, 3.8) is 0 Å². The second-order valence-corrected chi connectivity index (χ2v) is 3.57. The number of ether oxygens (including phenoxy) is 1. The van der Waals surface area contributed by atoms with Crippen molar-refractivity contribution >= 4 is 5.76 Å². The SMILES string of the molecule is COC1=CC(C)Cc2ccccc21. The van der Waals surface area contributed by atoms with Gasteiger partial charge in [0.1, 0.15) is 5.76 Å². The molecule has 0 spiro atoms. The minimum atomic E-state index is 0.588. The number of rotatable bonds is 1. The highest BCUT2D eigenvalue weighted by molar-refractivity contribution is 5.65. The van der Waals surface area contributed by atoms with E-state index >= 15 is 0 Å². The Kier molecular flexibility index (Phi) is 2.09. The highest BCUT2D eigenvalue weighted by Crippen LogP contribution is 2.28. The van der Waals surface area contributed by atoms with E-state index in [1.807, 2.05) is 0 Å². The molecule has 1 aliphatic carbocycles. The van der Waals surface area contributed by atoms with Crippen LogP contribution in [0.4, 0.5) is 0 Å². The van der Waals surface area contributed by atoms with Gasteiger partial charge in [0.05, 0.1) is 7.11 Å². The molecule has 2 rings (SSSR count). The van der Waals surface area contributed by atoms with Gasteiger partial charge in [-0.1, -0.05) is 31.2 Å². The predicted molar refractivity (Wildman–Crippen MR) is 54.3 cm³/mol. The molecule has 0 saturated carbocycles. The van der Waals surface area contributed by atoms with Crippen molar-refractivity contribution < 1.29 is 4.74 Å². The summed E-state index contributed by atoms with van der Waals surface area (Å²) in [6, 6.07) is 8.44. The van der Waals surface area contributed by atoms with Crippen molar-refractivity contribution in [1.29, 1.82) is 0 Å². The Hall–Kier alpha value is -1.24. The van der Waals surface area contributed by atoms with Crippen LogP contribution in [0.25, 0.3) is 5.76 Å². The van der Waals surface area contributed by atoms with Crippen molar-refractivity contribution in [2.24, 2.45) is 5.92 Å². The van der Waals surface area contributed by atoms with Gasteiger partial charge in [0.15, 0.2) is 0 Å². The van der Waals surface area contributed by atoms with Gasteiger partial charge in [-0.25, -0.2) is 0 Å². The molecule has 0 saturated heterocycles. The summed E-state index contributed by atoms with van der Waals surface area (Å²) in [7, 11) is 1.74. The molecule has 1 heteroatoms. The first-order valence-corrected chi connectivity index (χ1v) is 4.65. The van der Waals surface area contributed by atoms with Crippen LogP contribution in [0.15, 0.2) is 30.3 Å². The molecular formula is C12H14O. The van der Waals surface area contributed by atoms with E-state index in [0.29, 0.717) is 5.92 Å². The van der Waals surface area contributed by atoms with Crippen molar-refractivity contribution in [3.05, 3.63) is 41.5 Å².